The van der Waals surface area contributed by atoms with Crippen molar-refractivity contribution in [2.75, 3.05) is 26.4 Å². The van der Waals surface area contributed by atoms with Gasteiger partial charge in [0.1, 0.15) is 30.3 Å². The molecule has 0 bridgehead atoms. The zero-order valence-electron chi connectivity index (χ0n) is 12.9. The van der Waals surface area contributed by atoms with Crippen LogP contribution in [0.1, 0.15) is 0 Å². The minimum absolute atomic E-state index is 0.0657. The van der Waals surface area contributed by atoms with Crippen LogP contribution in [0.15, 0.2) is 60.7 Å². The average molecular weight is 318 g/mol. The largest absolute Gasteiger partial charge is 0.491 e. The molecule has 0 aliphatic rings. The van der Waals surface area contributed by atoms with E-state index in [0.717, 1.165) is 5.75 Å². The minimum atomic E-state index is -0.920. The molecule has 0 fully saturated rings. The Labute approximate surface area is 136 Å². The van der Waals surface area contributed by atoms with Gasteiger partial charge in [-0.15, -0.1) is 0 Å². The zero-order valence-corrected chi connectivity index (χ0v) is 12.9. The lowest BCUT2D eigenvalue weighted by molar-refractivity contribution is -0.0490. The van der Waals surface area contributed by atoms with Crippen molar-refractivity contribution in [1.29, 1.82) is 0 Å². The minimum Gasteiger partial charge on any atom is -0.491 e. The smallest absolute Gasteiger partial charge is 0.150 e. The quantitative estimate of drug-likeness (QED) is 0.655. The summed E-state index contributed by atoms with van der Waals surface area (Å²) >= 11 is 0. The van der Waals surface area contributed by atoms with Crippen LogP contribution in [0.3, 0.4) is 0 Å². The van der Waals surface area contributed by atoms with E-state index in [9.17, 15) is 10.2 Å². The van der Waals surface area contributed by atoms with Crippen LogP contribution < -0.4 is 9.47 Å². The highest BCUT2D eigenvalue weighted by Gasteiger charge is 2.20. The number of rotatable bonds is 10. The molecule has 0 saturated carbocycles. The summed E-state index contributed by atoms with van der Waals surface area (Å²) in [5.74, 6) is 1.37. The van der Waals surface area contributed by atoms with Crippen molar-refractivity contribution in [2.24, 2.45) is 0 Å². The summed E-state index contributed by atoms with van der Waals surface area (Å²) in [4.78, 5) is 0. The lowest BCUT2D eigenvalue weighted by Crippen LogP contribution is -2.38. The number of aliphatic hydroxyl groups excluding tert-OH is 2. The molecule has 5 heteroatoms. The van der Waals surface area contributed by atoms with Gasteiger partial charge >= 0.3 is 0 Å². The lowest BCUT2D eigenvalue weighted by Gasteiger charge is -2.22. The van der Waals surface area contributed by atoms with Gasteiger partial charge < -0.3 is 24.4 Å². The molecule has 23 heavy (non-hydrogen) atoms. The summed E-state index contributed by atoms with van der Waals surface area (Å²) in [6, 6.07) is 18.5. The van der Waals surface area contributed by atoms with Crippen molar-refractivity contribution >= 4 is 0 Å². The van der Waals surface area contributed by atoms with Crippen LogP contribution in [0.5, 0.6) is 11.5 Å². The molecule has 0 saturated heterocycles. The molecule has 2 aromatic carbocycles. The Balaban J connectivity index is 1.65. The number of hydrogen-bond acceptors (Lipinski definition) is 5. The molecule has 0 spiro atoms. The van der Waals surface area contributed by atoms with Gasteiger partial charge in [-0.1, -0.05) is 36.4 Å². The van der Waals surface area contributed by atoms with Crippen molar-refractivity contribution in [3.8, 4) is 11.5 Å². The monoisotopic (exact) mass is 318 g/mol. The van der Waals surface area contributed by atoms with E-state index < -0.39 is 12.2 Å². The topological polar surface area (TPSA) is 68.2 Å². The Bertz CT molecular complexity index is 532. The average Bonchev–Trinajstić information content (AvgIpc) is 2.61. The summed E-state index contributed by atoms with van der Waals surface area (Å²) < 4.78 is 16.4. The molecular formula is C18H22O5. The third kappa shape index (κ3) is 6.28. The highest BCUT2D eigenvalue weighted by molar-refractivity contribution is 5.21. The fraction of sp³-hybridized carbons (Fsp3) is 0.333. The van der Waals surface area contributed by atoms with Gasteiger partial charge in [0.25, 0.3) is 0 Å². The van der Waals surface area contributed by atoms with Crippen molar-refractivity contribution in [3.63, 3.8) is 0 Å². The first kappa shape index (κ1) is 17.3. The molecule has 2 N–H and O–H groups in total. The van der Waals surface area contributed by atoms with Crippen molar-refractivity contribution < 1.29 is 24.4 Å². The summed E-state index contributed by atoms with van der Waals surface area (Å²) in [5, 5.41) is 19.4. The first-order chi connectivity index (χ1) is 11.3. The van der Waals surface area contributed by atoms with E-state index in [4.69, 9.17) is 14.2 Å². The Hall–Kier alpha value is -2.08. The van der Waals surface area contributed by atoms with E-state index in [-0.39, 0.29) is 13.2 Å². The van der Waals surface area contributed by atoms with Gasteiger partial charge in [-0.25, -0.2) is 0 Å². The molecule has 2 unspecified atom stereocenters. The lowest BCUT2D eigenvalue weighted by atomic mass is 10.2. The van der Waals surface area contributed by atoms with Gasteiger partial charge in [-0.3, -0.25) is 0 Å². The van der Waals surface area contributed by atoms with Gasteiger partial charge in [-0.2, -0.15) is 0 Å². The molecule has 0 amide bonds. The summed E-state index contributed by atoms with van der Waals surface area (Å²) in [5.41, 5.74) is 0. The molecule has 0 aliphatic heterocycles. The number of hydrogen-bond donors (Lipinski definition) is 2. The van der Waals surface area contributed by atoms with Gasteiger partial charge in [0.15, 0.2) is 0 Å². The van der Waals surface area contributed by atoms with E-state index in [0.29, 0.717) is 19.0 Å². The third-order valence-electron chi connectivity index (χ3n) is 3.17. The Morgan fingerprint density at radius 2 is 1.43 bits per heavy atom. The molecule has 5 nitrogen and oxygen atoms in total. The molecule has 2 aromatic rings. The molecule has 2 atom stereocenters. The van der Waals surface area contributed by atoms with E-state index in [1.165, 1.54) is 0 Å². The molecule has 124 valence electrons. The molecule has 0 radical (unpaired) electrons. The van der Waals surface area contributed by atoms with E-state index in [1.807, 2.05) is 48.5 Å². The highest BCUT2D eigenvalue weighted by atomic mass is 16.5. The van der Waals surface area contributed by atoms with Crippen LogP contribution in [0.2, 0.25) is 0 Å². The maximum Gasteiger partial charge on any atom is 0.150 e. The summed E-state index contributed by atoms with van der Waals surface area (Å²) in [6.45, 7) is 0.506. The zero-order chi connectivity index (χ0) is 16.3. The summed E-state index contributed by atoms with van der Waals surface area (Å²) in [6.07, 6.45) is -1.65. The molecule has 0 aliphatic carbocycles. The number of aliphatic hydroxyl groups is 2. The maximum atomic E-state index is 10.0. The Morgan fingerprint density at radius 3 is 2.04 bits per heavy atom. The Kier molecular flexibility index (Phi) is 7.39. The van der Waals surface area contributed by atoms with Crippen molar-refractivity contribution in [3.05, 3.63) is 60.7 Å². The fourth-order valence-corrected chi connectivity index (χ4v) is 1.96. The molecule has 0 heterocycles. The second-order valence-corrected chi connectivity index (χ2v) is 4.96. The van der Waals surface area contributed by atoms with Gasteiger partial charge in [0.2, 0.25) is 0 Å². The molecular weight excluding hydrogens is 296 g/mol. The van der Waals surface area contributed by atoms with Crippen LogP contribution in [-0.4, -0.2) is 48.8 Å². The number of para-hydroxylation sites is 2. The van der Waals surface area contributed by atoms with Crippen LogP contribution in [-0.2, 0) is 4.74 Å². The number of benzene rings is 2. The maximum absolute atomic E-state index is 10.0. The van der Waals surface area contributed by atoms with Crippen LogP contribution >= 0.6 is 0 Å². The Morgan fingerprint density at radius 1 is 0.826 bits per heavy atom. The third-order valence-corrected chi connectivity index (χ3v) is 3.17. The van der Waals surface area contributed by atoms with E-state index in [2.05, 4.69) is 0 Å². The van der Waals surface area contributed by atoms with Crippen LogP contribution in [0.4, 0.5) is 0 Å². The van der Waals surface area contributed by atoms with E-state index >= 15 is 0 Å². The van der Waals surface area contributed by atoms with E-state index in [1.54, 1.807) is 12.1 Å². The molecule has 2 rings (SSSR count). The van der Waals surface area contributed by atoms with Gasteiger partial charge in [-0.05, 0) is 24.3 Å². The normalized spacial score (nSPS) is 13.3. The van der Waals surface area contributed by atoms with Crippen LogP contribution in [0, 0.1) is 0 Å². The van der Waals surface area contributed by atoms with Gasteiger partial charge in [0.05, 0.1) is 19.8 Å². The fourth-order valence-electron chi connectivity index (χ4n) is 1.96. The van der Waals surface area contributed by atoms with Crippen molar-refractivity contribution in [1.82, 2.24) is 0 Å². The first-order valence-electron chi connectivity index (χ1n) is 7.56. The number of ether oxygens (including phenoxy) is 3. The van der Waals surface area contributed by atoms with Crippen LogP contribution in [0.25, 0.3) is 0 Å². The predicted octanol–water partition coefficient (Wildman–Crippen LogP) is 1.88. The second-order valence-electron chi connectivity index (χ2n) is 4.96. The van der Waals surface area contributed by atoms with Gasteiger partial charge in [0, 0.05) is 0 Å². The SMILES string of the molecule is OCC(Oc1ccccc1)C(O)COCCOc1ccccc1. The highest BCUT2D eigenvalue weighted by Crippen LogP contribution is 2.13. The predicted molar refractivity (Wildman–Crippen MR) is 86.7 cm³/mol. The standard InChI is InChI=1S/C18H22O5/c19-13-18(23-16-9-5-2-6-10-16)17(20)14-21-11-12-22-15-7-3-1-4-8-15/h1-10,17-20H,11-14H2. The second kappa shape index (κ2) is 9.84. The summed E-state index contributed by atoms with van der Waals surface area (Å²) in [7, 11) is 0. The van der Waals surface area contributed by atoms with Crippen molar-refractivity contribution in [2.45, 2.75) is 12.2 Å². The first-order valence-corrected chi connectivity index (χ1v) is 7.56. The molecule has 0 aromatic heterocycles.